The number of ether oxygens (including phenoxy) is 1. The first-order chi connectivity index (χ1) is 9.49. The second-order valence-electron chi connectivity index (χ2n) is 4.89. The quantitative estimate of drug-likeness (QED) is 0.858. The number of urea groups is 1. The number of rotatable bonds is 3. The Balaban J connectivity index is 1.95. The van der Waals surface area contributed by atoms with Gasteiger partial charge in [0.05, 0.1) is 11.6 Å². The van der Waals surface area contributed by atoms with Crippen LogP contribution in [0.4, 0.5) is 9.18 Å². The summed E-state index contributed by atoms with van der Waals surface area (Å²) in [6.07, 6.45) is 1.59. The molecule has 1 unspecified atom stereocenters. The Bertz CT molecular complexity index is 533. The molecule has 1 aromatic carbocycles. The summed E-state index contributed by atoms with van der Waals surface area (Å²) in [5.74, 6) is -1.04. The van der Waals surface area contributed by atoms with Gasteiger partial charge in [-0.1, -0.05) is 6.07 Å². The summed E-state index contributed by atoms with van der Waals surface area (Å²) < 4.78 is 18.5. The molecule has 2 N–H and O–H groups in total. The van der Waals surface area contributed by atoms with Crippen LogP contribution in [0.3, 0.4) is 0 Å². The standard InChI is InChI=1S/C14H17FN2O3/c1-9-4-5-10(7-12(9)15)13(18)20-8-11-3-2-6-17(11)14(16)19/h4-5,7,11H,2-3,6,8H2,1H3,(H2,16,19). The van der Waals surface area contributed by atoms with E-state index in [2.05, 4.69) is 0 Å². The van der Waals surface area contributed by atoms with Crippen molar-refractivity contribution in [1.82, 2.24) is 4.90 Å². The third kappa shape index (κ3) is 3.07. The molecule has 0 aromatic heterocycles. The Morgan fingerprint density at radius 3 is 2.90 bits per heavy atom. The highest BCUT2D eigenvalue weighted by molar-refractivity contribution is 5.89. The molecule has 1 heterocycles. The highest BCUT2D eigenvalue weighted by Crippen LogP contribution is 2.18. The van der Waals surface area contributed by atoms with Crippen molar-refractivity contribution in [3.63, 3.8) is 0 Å². The number of carbonyl (C=O) groups excluding carboxylic acids is 2. The summed E-state index contributed by atoms with van der Waals surface area (Å²) in [7, 11) is 0. The van der Waals surface area contributed by atoms with Gasteiger partial charge >= 0.3 is 12.0 Å². The fraction of sp³-hybridized carbons (Fsp3) is 0.429. The number of esters is 1. The van der Waals surface area contributed by atoms with Gasteiger partial charge in [0.15, 0.2) is 0 Å². The minimum Gasteiger partial charge on any atom is -0.460 e. The first-order valence-corrected chi connectivity index (χ1v) is 6.48. The summed E-state index contributed by atoms with van der Waals surface area (Å²) in [6, 6.07) is 3.49. The van der Waals surface area contributed by atoms with Gasteiger partial charge in [-0.15, -0.1) is 0 Å². The Hall–Kier alpha value is -2.11. The van der Waals surface area contributed by atoms with Crippen LogP contribution in [0, 0.1) is 12.7 Å². The van der Waals surface area contributed by atoms with Crippen LogP contribution in [-0.4, -0.2) is 36.1 Å². The summed E-state index contributed by atoms with van der Waals surface area (Å²) in [5.41, 5.74) is 5.87. The molecule has 0 saturated carbocycles. The van der Waals surface area contributed by atoms with E-state index < -0.39 is 17.8 Å². The predicted octanol–water partition coefficient (Wildman–Crippen LogP) is 1.83. The lowest BCUT2D eigenvalue weighted by atomic mass is 10.1. The molecule has 108 valence electrons. The maximum Gasteiger partial charge on any atom is 0.338 e. The molecule has 1 atom stereocenters. The van der Waals surface area contributed by atoms with E-state index >= 15 is 0 Å². The molecule has 2 rings (SSSR count). The predicted molar refractivity (Wildman–Crippen MR) is 70.7 cm³/mol. The SMILES string of the molecule is Cc1ccc(C(=O)OCC2CCCN2C(N)=O)cc1F. The van der Waals surface area contributed by atoms with Gasteiger partial charge in [0.25, 0.3) is 0 Å². The lowest BCUT2D eigenvalue weighted by Gasteiger charge is -2.22. The first-order valence-electron chi connectivity index (χ1n) is 6.48. The molecule has 0 bridgehead atoms. The van der Waals surface area contributed by atoms with E-state index in [1.165, 1.54) is 17.0 Å². The van der Waals surface area contributed by atoms with Crippen molar-refractivity contribution in [2.24, 2.45) is 5.73 Å². The van der Waals surface area contributed by atoms with E-state index in [1.807, 2.05) is 0 Å². The fourth-order valence-electron chi connectivity index (χ4n) is 2.27. The van der Waals surface area contributed by atoms with Crippen LogP contribution in [0.15, 0.2) is 18.2 Å². The van der Waals surface area contributed by atoms with Gasteiger partial charge in [0, 0.05) is 6.54 Å². The zero-order valence-corrected chi connectivity index (χ0v) is 11.3. The monoisotopic (exact) mass is 280 g/mol. The van der Waals surface area contributed by atoms with E-state index in [0.717, 1.165) is 18.9 Å². The molecule has 0 spiro atoms. The van der Waals surface area contributed by atoms with Gasteiger partial charge in [-0.3, -0.25) is 0 Å². The van der Waals surface area contributed by atoms with Crippen LogP contribution in [-0.2, 0) is 4.74 Å². The van der Waals surface area contributed by atoms with Crippen LogP contribution >= 0.6 is 0 Å². The highest BCUT2D eigenvalue weighted by Gasteiger charge is 2.28. The molecule has 1 aromatic rings. The molecule has 1 saturated heterocycles. The minimum absolute atomic E-state index is 0.0806. The number of nitrogens with zero attached hydrogens (tertiary/aromatic N) is 1. The molecular formula is C14H17FN2O3. The van der Waals surface area contributed by atoms with Gasteiger partial charge in [-0.05, 0) is 37.5 Å². The Morgan fingerprint density at radius 2 is 2.25 bits per heavy atom. The second kappa shape index (κ2) is 5.90. The number of benzene rings is 1. The number of nitrogens with two attached hydrogens (primary N) is 1. The number of aryl methyl sites for hydroxylation is 1. The first kappa shape index (κ1) is 14.3. The average molecular weight is 280 g/mol. The van der Waals surface area contributed by atoms with Crippen LogP contribution in [0.5, 0.6) is 0 Å². The van der Waals surface area contributed by atoms with Crippen molar-refractivity contribution in [2.75, 3.05) is 13.2 Å². The lowest BCUT2D eigenvalue weighted by Crippen LogP contribution is -2.41. The van der Waals surface area contributed by atoms with E-state index in [-0.39, 0.29) is 18.2 Å². The van der Waals surface area contributed by atoms with Crippen LogP contribution in [0.25, 0.3) is 0 Å². The molecule has 5 nitrogen and oxygen atoms in total. The van der Waals surface area contributed by atoms with Gasteiger partial charge in [-0.2, -0.15) is 0 Å². The molecule has 1 aliphatic rings. The number of halogens is 1. The third-order valence-electron chi connectivity index (χ3n) is 3.47. The summed E-state index contributed by atoms with van der Waals surface area (Å²) in [4.78, 5) is 24.5. The number of primary amides is 1. The Kier molecular flexibility index (Phi) is 4.22. The smallest absolute Gasteiger partial charge is 0.338 e. The number of hydrogen-bond acceptors (Lipinski definition) is 3. The average Bonchev–Trinajstić information content (AvgIpc) is 2.87. The zero-order chi connectivity index (χ0) is 14.7. The normalized spacial score (nSPS) is 18.1. The van der Waals surface area contributed by atoms with Crippen LogP contribution in [0.2, 0.25) is 0 Å². The molecule has 6 heteroatoms. The van der Waals surface area contributed by atoms with E-state index in [4.69, 9.17) is 10.5 Å². The maximum absolute atomic E-state index is 13.4. The number of hydrogen-bond donors (Lipinski definition) is 1. The van der Waals surface area contributed by atoms with Crippen molar-refractivity contribution < 1.29 is 18.7 Å². The van der Waals surface area contributed by atoms with Crippen LogP contribution < -0.4 is 5.73 Å². The number of amides is 2. The van der Waals surface area contributed by atoms with Crippen molar-refractivity contribution in [3.05, 3.63) is 35.1 Å². The highest BCUT2D eigenvalue weighted by atomic mass is 19.1. The van der Waals surface area contributed by atoms with Gasteiger partial charge in [0.2, 0.25) is 0 Å². The number of carbonyl (C=O) groups is 2. The topological polar surface area (TPSA) is 72.6 Å². The maximum atomic E-state index is 13.4. The van der Waals surface area contributed by atoms with Crippen LogP contribution in [0.1, 0.15) is 28.8 Å². The third-order valence-corrected chi connectivity index (χ3v) is 3.47. The Morgan fingerprint density at radius 1 is 1.50 bits per heavy atom. The summed E-state index contributed by atoms with van der Waals surface area (Å²) >= 11 is 0. The zero-order valence-electron chi connectivity index (χ0n) is 11.3. The lowest BCUT2D eigenvalue weighted by molar-refractivity contribution is 0.0421. The van der Waals surface area contributed by atoms with Gasteiger partial charge < -0.3 is 15.4 Å². The second-order valence-corrected chi connectivity index (χ2v) is 4.89. The van der Waals surface area contributed by atoms with Crippen molar-refractivity contribution in [1.29, 1.82) is 0 Å². The van der Waals surface area contributed by atoms with Crippen molar-refractivity contribution in [2.45, 2.75) is 25.8 Å². The largest absolute Gasteiger partial charge is 0.460 e. The molecule has 20 heavy (non-hydrogen) atoms. The number of likely N-dealkylation sites (tertiary alicyclic amines) is 1. The van der Waals surface area contributed by atoms with E-state index in [1.54, 1.807) is 6.92 Å². The summed E-state index contributed by atoms with van der Waals surface area (Å²) in [6.45, 7) is 2.28. The molecule has 2 amide bonds. The van der Waals surface area contributed by atoms with Crippen molar-refractivity contribution in [3.8, 4) is 0 Å². The summed E-state index contributed by atoms with van der Waals surface area (Å²) in [5, 5.41) is 0. The van der Waals surface area contributed by atoms with E-state index in [9.17, 15) is 14.0 Å². The molecule has 1 fully saturated rings. The molecule has 0 aliphatic carbocycles. The molecule has 0 radical (unpaired) electrons. The fourth-order valence-corrected chi connectivity index (χ4v) is 2.27. The van der Waals surface area contributed by atoms with Gasteiger partial charge in [-0.25, -0.2) is 14.0 Å². The minimum atomic E-state index is -0.597. The molecular weight excluding hydrogens is 263 g/mol. The van der Waals surface area contributed by atoms with E-state index in [0.29, 0.717) is 12.1 Å². The Labute approximate surface area is 116 Å². The van der Waals surface area contributed by atoms with Gasteiger partial charge in [0.1, 0.15) is 12.4 Å². The molecule has 1 aliphatic heterocycles. The van der Waals surface area contributed by atoms with Crippen molar-refractivity contribution >= 4 is 12.0 Å².